The first kappa shape index (κ1) is 30.3. The third-order valence-corrected chi connectivity index (χ3v) is 9.03. The van der Waals surface area contributed by atoms with E-state index in [2.05, 4.69) is 34.5 Å². The molecule has 1 aromatic heterocycles. The summed E-state index contributed by atoms with van der Waals surface area (Å²) in [4.78, 5) is 28.6. The Labute approximate surface area is 259 Å². The zero-order chi connectivity index (χ0) is 30.5. The van der Waals surface area contributed by atoms with Crippen LogP contribution in [0.1, 0.15) is 54.1 Å². The molecule has 1 saturated heterocycles. The number of hydrogen-bond donors (Lipinski definition) is 1. The number of nitrogens with zero attached hydrogens (tertiary/aromatic N) is 3. The molecule has 1 amide bonds. The highest BCUT2D eigenvalue weighted by Crippen LogP contribution is 2.45. The molecule has 1 N–H and O–H groups in total. The second-order valence-corrected chi connectivity index (χ2v) is 12.3. The van der Waals surface area contributed by atoms with E-state index in [-0.39, 0.29) is 16.5 Å². The van der Waals surface area contributed by atoms with Crippen LogP contribution in [0.5, 0.6) is 11.5 Å². The molecule has 3 aromatic carbocycles. The maximum absolute atomic E-state index is 13.6. The van der Waals surface area contributed by atoms with Crippen LogP contribution in [0, 0.1) is 13.8 Å². The quantitative estimate of drug-likeness (QED) is 0.0619. The Morgan fingerprint density at radius 1 is 0.930 bits per heavy atom. The number of carbonyl (C=O) groups is 2. The van der Waals surface area contributed by atoms with Crippen molar-refractivity contribution in [2.75, 3.05) is 18.1 Å². The Balaban J connectivity index is 1.57. The van der Waals surface area contributed by atoms with Crippen LogP contribution in [0.25, 0.3) is 5.76 Å². The van der Waals surface area contributed by atoms with Crippen LogP contribution in [0.15, 0.2) is 76.6 Å². The predicted octanol–water partition coefficient (Wildman–Crippen LogP) is 7.26. The van der Waals surface area contributed by atoms with E-state index in [4.69, 9.17) is 9.47 Å². The SMILES string of the molecule is CCCOc1ccc(C2C(=C(O)c3ccc(C)cc3)C(=O)C(=O)N2c2nnc(SCc3ccc(C)cc3)s2)cc1OCC. The van der Waals surface area contributed by atoms with E-state index in [0.717, 1.165) is 17.5 Å². The first-order valence-electron chi connectivity index (χ1n) is 14.1. The molecule has 0 saturated carbocycles. The zero-order valence-corrected chi connectivity index (χ0v) is 26.1. The Kier molecular flexibility index (Phi) is 9.47. The summed E-state index contributed by atoms with van der Waals surface area (Å²) >= 11 is 2.74. The number of carbonyl (C=O) groups excluding carboxylic acids is 2. The molecular weight excluding hydrogens is 583 g/mol. The molecule has 10 heteroatoms. The summed E-state index contributed by atoms with van der Waals surface area (Å²) in [5, 5.41) is 20.4. The minimum atomic E-state index is -0.955. The average molecular weight is 616 g/mol. The van der Waals surface area contributed by atoms with Crippen molar-refractivity contribution in [2.24, 2.45) is 0 Å². The maximum Gasteiger partial charge on any atom is 0.301 e. The van der Waals surface area contributed by atoms with Crippen molar-refractivity contribution in [3.05, 3.63) is 100 Å². The van der Waals surface area contributed by atoms with Crippen LogP contribution in [0.4, 0.5) is 5.13 Å². The number of benzene rings is 3. The molecule has 0 radical (unpaired) electrons. The maximum atomic E-state index is 13.6. The Bertz CT molecular complexity index is 1650. The molecule has 5 rings (SSSR count). The third kappa shape index (κ3) is 6.60. The molecule has 1 aliphatic rings. The fourth-order valence-corrected chi connectivity index (χ4v) is 6.52. The van der Waals surface area contributed by atoms with Gasteiger partial charge in [-0.05, 0) is 50.5 Å². The lowest BCUT2D eigenvalue weighted by Gasteiger charge is -2.23. The van der Waals surface area contributed by atoms with Gasteiger partial charge in [0.15, 0.2) is 15.8 Å². The summed E-state index contributed by atoms with van der Waals surface area (Å²) in [6.07, 6.45) is 0.825. The number of aromatic nitrogens is 2. The van der Waals surface area contributed by atoms with Crippen LogP contribution >= 0.6 is 23.1 Å². The number of aliphatic hydroxyl groups excluding tert-OH is 1. The first-order valence-corrected chi connectivity index (χ1v) is 15.9. The second kappa shape index (κ2) is 13.4. The van der Waals surface area contributed by atoms with E-state index in [1.54, 1.807) is 30.3 Å². The number of aliphatic hydroxyl groups is 1. The van der Waals surface area contributed by atoms with E-state index in [1.165, 1.54) is 33.6 Å². The number of hydrogen-bond acceptors (Lipinski definition) is 9. The highest BCUT2D eigenvalue weighted by Gasteiger charge is 2.48. The summed E-state index contributed by atoms with van der Waals surface area (Å²) in [5.74, 6) is -0.101. The summed E-state index contributed by atoms with van der Waals surface area (Å²) in [6.45, 7) is 8.78. The van der Waals surface area contributed by atoms with Gasteiger partial charge >= 0.3 is 5.91 Å². The molecule has 0 bridgehead atoms. The lowest BCUT2D eigenvalue weighted by atomic mass is 9.95. The number of thioether (sulfide) groups is 1. The fourth-order valence-electron chi connectivity index (χ4n) is 4.69. The van der Waals surface area contributed by atoms with Gasteiger partial charge in [0.2, 0.25) is 5.13 Å². The van der Waals surface area contributed by atoms with Crippen molar-refractivity contribution in [3.8, 4) is 11.5 Å². The van der Waals surface area contributed by atoms with Gasteiger partial charge < -0.3 is 14.6 Å². The number of amides is 1. The molecule has 2 heterocycles. The molecule has 4 aromatic rings. The van der Waals surface area contributed by atoms with Gasteiger partial charge in [0, 0.05) is 11.3 Å². The minimum absolute atomic E-state index is 0.0254. The van der Waals surface area contributed by atoms with Gasteiger partial charge in [0.1, 0.15) is 5.76 Å². The smallest absolute Gasteiger partial charge is 0.301 e. The van der Waals surface area contributed by atoms with Crippen LogP contribution in [-0.2, 0) is 15.3 Å². The minimum Gasteiger partial charge on any atom is -0.507 e. The third-order valence-electron chi connectivity index (χ3n) is 6.90. The van der Waals surface area contributed by atoms with E-state index in [1.807, 2.05) is 39.8 Å². The van der Waals surface area contributed by atoms with Gasteiger partial charge in [-0.2, -0.15) is 0 Å². The molecule has 0 aliphatic carbocycles. The Hall–Kier alpha value is -4.15. The number of ketones is 1. The van der Waals surface area contributed by atoms with Crippen molar-refractivity contribution >= 4 is 45.7 Å². The molecule has 8 nitrogen and oxygen atoms in total. The van der Waals surface area contributed by atoms with Gasteiger partial charge in [0.25, 0.3) is 5.78 Å². The highest BCUT2D eigenvalue weighted by atomic mass is 32.2. The van der Waals surface area contributed by atoms with E-state index >= 15 is 0 Å². The van der Waals surface area contributed by atoms with Gasteiger partial charge in [-0.1, -0.05) is 95.7 Å². The number of ether oxygens (including phenoxy) is 2. The Morgan fingerprint density at radius 3 is 2.30 bits per heavy atom. The fraction of sp³-hybridized carbons (Fsp3) is 0.273. The summed E-state index contributed by atoms with van der Waals surface area (Å²) < 4.78 is 12.4. The molecular formula is C33H33N3O5S2. The van der Waals surface area contributed by atoms with Crippen molar-refractivity contribution in [1.82, 2.24) is 10.2 Å². The average Bonchev–Trinajstić information content (AvgIpc) is 3.58. The van der Waals surface area contributed by atoms with Crippen LogP contribution in [-0.4, -0.2) is 40.2 Å². The summed E-state index contributed by atoms with van der Waals surface area (Å²) in [6, 6.07) is 19.8. The summed E-state index contributed by atoms with van der Waals surface area (Å²) in [5.41, 5.74) is 4.31. The largest absolute Gasteiger partial charge is 0.507 e. The van der Waals surface area contributed by atoms with Crippen molar-refractivity contribution in [3.63, 3.8) is 0 Å². The topological polar surface area (TPSA) is 102 Å². The van der Waals surface area contributed by atoms with E-state index < -0.39 is 17.7 Å². The molecule has 43 heavy (non-hydrogen) atoms. The van der Waals surface area contributed by atoms with Crippen molar-refractivity contribution in [2.45, 2.75) is 50.3 Å². The monoisotopic (exact) mass is 615 g/mol. The van der Waals surface area contributed by atoms with Gasteiger partial charge in [0.05, 0.1) is 24.8 Å². The molecule has 1 unspecified atom stereocenters. The number of anilines is 1. The lowest BCUT2D eigenvalue weighted by molar-refractivity contribution is -0.132. The molecule has 1 atom stereocenters. The molecule has 1 fully saturated rings. The molecule has 1 aliphatic heterocycles. The standard InChI is InChI=1S/C33H33N3O5S2/c1-5-17-41-25-16-15-24(18-26(25)40-6-2)28-27(29(37)23-13-9-21(4)10-14-23)30(38)31(39)36(28)32-34-35-33(43-32)42-19-22-11-7-20(3)8-12-22/h7-16,18,28,37H,5-6,17,19H2,1-4H3. The first-order chi connectivity index (χ1) is 20.8. The van der Waals surface area contributed by atoms with Gasteiger partial charge in [-0.25, -0.2) is 0 Å². The van der Waals surface area contributed by atoms with Crippen LogP contribution in [0.3, 0.4) is 0 Å². The van der Waals surface area contributed by atoms with Gasteiger partial charge in [-0.15, -0.1) is 10.2 Å². The molecule has 0 spiro atoms. The highest BCUT2D eigenvalue weighted by molar-refractivity contribution is 8.00. The second-order valence-electron chi connectivity index (χ2n) is 10.1. The normalized spacial score (nSPS) is 16.1. The summed E-state index contributed by atoms with van der Waals surface area (Å²) in [7, 11) is 0. The van der Waals surface area contributed by atoms with E-state index in [0.29, 0.717) is 45.9 Å². The van der Waals surface area contributed by atoms with Crippen LogP contribution < -0.4 is 14.4 Å². The van der Waals surface area contributed by atoms with Crippen molar-refractivity contribution < 1.29 is 24.2 Å². The zero-order valence-electron chi connectivity index (χ0n) is 24.5. The Morgan fingerprint density at radius 2 is 1.63 bits per heavy atom. The number of rotatable bonds is 11. The van der Waals surface area contributed by atoms with E-state index in [9.17, 15) is 14.7 Å². The van der Waals surface area contributed by atoms with Crippen molar-refractivity contribution in [1.29, 1.82) is 0 Å². The predicted molar refractivity (Wildman–Crippen MR) is 170 cm³/mol. The van der Waals surface area contributed by atoms with Crippen LogP contribution in [0.2, 0.25) is 0 Å². The number of Topliss-reactive ketones (excluding diaryl/α,β-unsaturated/α-hetero) is 1. The lowest BCUT2D eigenvalue weighted by Crippen LogP contribution is -2.29. The molecule has 222 valence electrons. The number of aryl methyl sites for hydroxylation is 2. The van der Waals surface area contributed by atoms with Gasteiger partial charge in [-0.3, -0.25) is 14.5 Å².